The van der Waals surface area contributed by atoms with E-state index in [1.54, 1.807) is 24.3 Å². The number of hydrogen-bond donors (Lipinski definition) is 4. The maximum atomic E-state index is 12.0. The van der Waals surface area contributed by atoms with E-state index in [9.17, 15) is 19.5 Å². The van der Waals surface area contributed by atoms with Gasteiger partial charge in [0.05, 0.1) is 18.0 Å². The van der Waals surface area contributed by atoms with Crippen molar-refractivity contribution in [2.75, 3.05) is 12.3 Å². The van der Waals surface area contributed by atoms with Crippen molar-refractivity contribution < 1.29 is 19.5 Å². The Hall–Kier alpha value is -2.22. The minimum absolute atomic E-state index is 0.0823. The third-order valence-electron chi connectivity index (χ3n) is 5.08. The first-order chi connectivity index (χ1) is 13.0. The fourth-order valence-electron chi connectivity index (χ4n) is 3.61. The maximum Gasteiger partial charge on any atom is 0.315 e. The van der Waals surface area contributed by atoms with Crippen LogP contribution in [0.15, 0.2) is 30.3 Å². The molecule has 8 heteroatoms. The van der Waals surface area contributed by atoms with Gasteiger partial charge in [-0.1, -0.05) is 36.8 Å². The monoisotopic (exact) mass is 391 g/mol. The van der Waals surface area contributed by atoms with Crippen LogP contribution >= 0.6 is 11.8 Å². The van der Waals surface area contributed by atoms with E-state index >= 15 is 0 Å². The van der Waals surface area contributed by atoms with Crippen LogP contribution in [0.3, 0.4) is 0 Å². The number of thioether (sulfide) groups is 1. The summed E-state index contributed by atoms with van der Waals surface area (Å²) in [6, 6.07) is 9.27. The summed E-state index contributed by atoms with van der Waals surface area (Å²) in [5, 5.41) is 18.4. The quantitative estimate of drug-likeness (QED) is 0.379. The molecule has 0 aliphatic carbocycles. The van der Waals surface area contributed by atoms with E-state index in [4.69, 9.17) is 0 Å². The number of carbonyl (C=O) groups excluding carboxylic acids is 2. The van der Waals surface area contributed by atoms with E-state index < -0.39 is 11.9 Å². The lowest BCUT2D eigenvalue weighted by molar-refractivity contribution is -0.138. The average molecular weight is 391 g/mol. The van der Waals surface area contributed by atoms with Gasteiger partial charge in [-0.25, -0.2) is 4.79 Å². The zero-order valence-electron chi connectivity index (χ0n) is 15.0. The predicted octanol–water partition coefficient (Wildman–Crippen LogP) is 1.70. The Morgan fingerprint density at radius 3 is 2.74 bits per heavy atom. The number of rotatable bonds is 9. The second kappa shape index (κ2) is 9.12. The number of hydrogen-bond acceptors (Lipinski definition) is 4. The van der Waals surface area contributed by atoms with E-state index in [-0.39, 0.29) is 30.6 Å². The number of unbranched alkanes of at least 4 members (excludes halogenated alkanes) is 1. The highest BCUT2D eigenvalue weighted by Crippen LogP contribution is 2.33. The molecule has 0 saturated carbocycles. The Balaban J connectivity index is 1.35. The lowest BCUT2D eigenvalue weighted by Crippen LogP contribution is -2.36. The molecule has 0 aromatic heterocycles. The van der Waals surface area contributed by atoms with Gasteiger partial charge in [-0.15, -0.1) is 0 Å². The first kappa shape index (κ1) is 19.5. The molecule has 1 aromatic carbocycles. The van der Waals surface area contributed by atoms with E-state index in [2.05, 4.69) is 16.0 Å². The summed E-state index contributed by atoms with van der Waals surface area (Å²) in [6.07, 6.45) is 3.01. The SMILES string of the molecule is O=C(CCCC[C@@H]1SC[C@@H]2NC(=O)N[C@@H]21)NCC(C(=O)O)c1ccccc1. The molecule has 2 aliphatic heterocycles. The summed E-state index contributed by atoms with van der Waals surface area (Å²) in [4.78, 5) is 34.9. The van der Waals surface area contributed by atoms with Gasteiger partial charge >= 0.3 is 12.0 Å². The van der Waals surface area contributed by atoms with Crippen LogP contribution in [-0.2, 0) is 9.59 Å². The van der Waals surface area contributed by atoms with Crippen molar-refractivity contribution in [2.24, 2.45) is 0 Å². The van der Waals surface area contributed by atoms with Gasteiger partial charge in [-0.3, -0.25) is 9.59 Å². The molecule has 2 aliphatic rings. The van der Waals surface area contributed by atoms with Crippen LogP contribution in [0.25, 0.3) is 0 Å². The summed E-state index contributed by atoms with van der Waals surface area (Å²) < 4.78 is 0. The molecule has 0 radical (unpaired) electrons. The maximum absolute atomic E-state index is 12.0. The number of aliphatic carboxylic acids is 1. The minimum Gasteiger partial charge on any atom is -0.481 e. The highest BCUT2D eigenvalue weighted by atomic mass is 32.2. The Morgan fingerprint density at radius 1 is 1.22 bits per heavy atom. The van der Waals surface area contributed by atoms with Gasteiger partial charge in [-0.05, 0) is 18.4 Å². The van der Waals surface area contributed by atoms with Gasteiger partial charge in [0.15, 0.2) is 0 Å². The first-order valence-corrected chi connectivity index (χ1v) is 10.3. The Bertz CT molecular complexity index is 685. The molecule has 7 nitrogen and oxygen atoms in total. The second-order valence-corrected chi connectivity index (χ2v) is 8.25. The molecular formula is C19H25N3O4S. The van der Waals surface area contributed by atoms with Crippen LogP contribution < -0.4 is 16.0 Å². The molecule has 27 heavy (non-hydrogen) atoms. The van der Waals surface area contributed by atoms with Gasteiger partial charge in [0, 0.05) is 24.0 Å². The second-order valence-electron chi connectivity index (χ2n) is 6.97. The summed E-state index contributed by atoms with van der Waals surface area (Å²) in [5.41, 5.74) is 0.685. The number of carbonyl (C=O) groups is 3. The number of fused-ring (bicyclic) bond motifs is 1. The highest BCUT2D eigenvalue weighted by Gasteiger charge is 2.42. The molecule has 0 bridgehead atoms. The number of carboxylic acid groups (broad SMARTS) is 1. The van der Waals surface area contributed by atoms with Crippen molar-refractivity contribution in [1.82, 2.24) is 16.0 Å². The number of carboxylic acids is 1. The zero-order valence-corrected chi connectivity index (χ0v) is 15.8. The molecule has 2 fully saturated rings. The Morgan fingerprint density at radius 2 is 2.00 bits per heavy atom. The Labute approximate surface area is 162 Å². The smallest absolute Gasteiger partial charge is 0.315 e. The molecule has 3 amide bonds. The summed E-state index contributed by atoms with van der Waals surface area (Å²) in [5.74, 6) is -0.864. The topological polar surface area (TPSA) is 108 Å². The van der Waals surface area contributed by atoms with Crippen molar-refractivity contribution in [3.05, 3.63) is 35.9 Å². The normalized spacial score (nSPS) is 24.6. The van der Waals surface area contributed by atoms with Crippen molar-refractivity contribution in [3.63, 3.8) is 0 Å². The number of nitrogens with one attached hydrogen (secondary N) is 3. The van der Waals surface area contributed by atoms with Crippen LogP contribution in [-0.4, -0.2) is 52.6 Å². The molecular weight excluding hydrogens is 366 g/mol. The average Bonchev–Trinajstić information content (AvgIpc) is 3.19. The lowest BCUT2D eigenvalue weighted by Gasteiger charge is -2.16. The van der Waals surface area contributed by atoms with E-state index in [1.807, 2.05) is 17.8 Å². The van der Waals surface area contributed by atoms with Gasteiger partial charge in [0.1, 0.15) is 0 Å². The molecule has 1 unspecified atom stereocenters. The third-order valence-corrected chi connectivity index (χ3v) is 6.59. The fourth-order valence-corrected chi connectivity index (χ4v) is 5.16. The molecule has 4 N–H and O–H groups in total. The van der Waals surface area contributed by atoms with E-state index in [0.717, 1.165) is 25.0 Å². The van der Waals surface area contributed by atoms with Crippen molar-refractivity contribution >= 4 is 29.7 Å². The molecule has 1 aromatic rings. The third kappa shape index (κ3) is 5.15. The van der Waals surface area contributed by atoms with Crippen LogP contribution in [0.1, 0.15) is 37.2 Å². The fraction of sp³-hybridized carbons (Fsp3) is 0.526. The molecule has 4 atom stereocenters. The summed E-state index contributed by atoms with van der Waals surface area (Å²) in [7, 11) is 0. The lowest BCUT2D eigenvalue weighted by atomic mass is 9.99. The zero-order chi connectivity index (χ0) is 19.2. The van der Waals surface area contributed by atoms with Crippen LogP contribution in [0.5, 0.6) is 0 Å². The van der Waals surface area contributed by atoms with E-state index in [0.29, 0.717) is 17.2 Å². The number of benzene rings is 1. The van der Waals surface area contributed by atoms with Crippen LogP contribution in [0.4, 0.5) is 4.79 Å². The van der Waals surface area contributed by atoms with Gasteiger partial charge in [-0.2, -0.15) is 11.8 Å². The van der Waals surface area contributed by atoms with Crippen molar-refractivity contribution in [2.45, 2.75) is 48.9 Å². The molecule has 2 heterocycles. The van der Waals surface area contributed by atoms with Gasteiger partial charge in [0.2, 0.25) is 5.91 Å². The van der Waals surface area contributed by atoms with Crippen LogP contribution in [0.2, 0.25) is 0 Å². The predicted molar refractivity (Wildman–Crippen MR) is 104 cm³/mol. The van der Waals surface area contributed by atoms with Gasteiger partial charge < -0.3 is 21.1 Å². The standard InChI is InChI=1S/C19H25N3O4S/c23-16(20-10-13(18(24)25)12-6-2-1-3-7-12)9-5-4-8-15-17-14(11-27-15)21-19(26)22-17/h1-3,6-7,13-15,17H,4-5,8-11H2,(H,20,23)(H,24,25)(H2,21,22,26)/t13?,14-,15-,17-/m0/s1. The molecule has 3 rings (SSSR count). The van der Waals surface area contributed by atoms with E-state index in [1.165, 1.54) is 0 Å². The largest absolute Gasteiger partial charge is 0.481 e. The molecule has 2 saturated heterocycles. The number of amides is 3. The van der Waals surface area contributed by atoms with Crippen molar-refractivity contribution in [1.29, 1.82) is 0 Å². The van der Waals surface area contributed by atoms with Crippen LogP contribution in [0, 0.1) is 0 Å². The Kier molecular flexibility index (Phi) is 6.60. The first-order valence-electron chi connectivity index (χ1n) is 9.27. The minimum atomic E-state index is -0.943. The van der Waals surface area contributed by atoms with Crippen molar-refractivity contribution in [3.8, 4) is 0 Å². The highest BCUT2D eigenvalue weighted by molar-refractivity contribution is 8.00. The summed E-state index contributed by atoms with van der Waals surface area (Å²) >= 11 is 1.87. The number of urea groups is 1. The molecule has 146 valence electrons. The van der Waals surface area contributed by atoms with Gasteiger partial charge in [0.25, 0.3) is 0 Å². The molecule has 0 spiro atoms. The summed E-state index contributed by atoms with van der Waals surface area (Å²) in [6.45, 7) is 0.0953.